The Morgan fingerprint density at radius 2 is 2.33 bits per heavy atom. The summed E-state index contributed by atoms with van der Waals surface area (Å²) in [5.74, 6) is 0.536. The number of rotatable bonds is 6. The molecule has 0 amide bonds. The van der Waals surface area contributed by atoms with E-state index in [0.29, 0.717) is 5.92 Å². The minimum atomic E-state index is 0.237. The third kappa shape index (κ3) is 5.11. The largest absolute Gasteiger partial charge is 0.384 e. The van der Waals surface area contributed by atoms with Crippen molar-refractivity contribution in [3.8, 4) is 0 Å². The molecule has 86 valence electrons. The Labute approximate surface area is 104 Å². The van der Waals surface area contributed by atoms with Crippen molar-refractivity contribution in [2.75, 3.05) is 13.7 Å². The van der Waals surface area contributed by atoms with E-state index in [1.54, 1.807) is 18.4 Å². The SMILES string of the molecule is COCC(C)CC(N)Cc1cc(Br)cs1. The van der Waals surface area contributed by atoms with E-state index >= 15 is 0 Å². The van der Waals surface area contributed by atoms with Gasteiger partial charge in [-0.1, -0.05) is 6.92 Å². The summed E-state index contributed by atoms with van der Waals surface area (Å²) in [6.45, 7) is 2.97. The van der Waals surface area contributed by atoms with E-state index in [9.17, 15) is 0 Å². The standard InChI is InChI=1S/C11H18BrNOS/c1-8(6-14-2)3-10(13)5-11-4-9(12)7-15-11/h4,7-8,10H,3,5-6,13H2,1-2H3. The Bertz CT molecular complexity index is 290. The van der Waals surface area contributed by atoms with Crippen LogP contribution in [0.5, 0.6) is 0 Å². The number of methoxy groups -OCH3 is 1. The lowest BCUT2D eigenvalue weighted by Crippen LogP contribution is -2.26. The molecule has 0 aliphatic rings. The number of hydrogen-bond donors (Lipinski definition) is 1. The number of nitrogens with two attached hydrogens (primary N) is 1. The smallest absolute Gasteiger partial charge is 0.0488 e. The van der Waals surface area contributed by atoms with Crippen molar-refractivity contribution in [2.24, 2.45) is 11.7 Å². The lowest BCUT2D eigenvalue weighted by molar-refractivity contribution is 0.152. The fourth-order valence-corrected chi connectivity index (χ4v) is 3.22. The monoisotopic (exact) mass is 291 g/mol. The summed E-state index contributed by atoms with van der Waals surface area (Å²) < 4.78 is 6.25. The molecular formula is C11H18BrNOS. The fraction of sp³-hybridized carbons (Fsp3) is 0.636. The van der Waals surface area contributed by atoms with Crippen LogP contribution in [-0.2, 0) is 11.2 Å². The number of hydrogen-bond acceptors (Lipinski definition) is 3. The molecule has 0 fully saturated rings. The first-order valence-electron chi connectivity index (χ1n) is 5.09. The van der Waals surface area contributed by atoms with Gasteiger partial charge in [0.2, 0.25) is 0 Å². The maximum atomic E-state index is 6.08. The number of halogens is 1. The van der Waals surface area contributed by atoms with E-state index in [2.05, 4.69) is 34.3 Å². The van der Waals surface area contributed by atoms with Crippen LogP contribution in [0.15, 0.2) is 15.9 Å². The van der Waals surface area contributed by atoms with Gasteiger partial charge in [-0.15, -0.1) is 11.3 Å². The average molecular weight is 292 g/mol. The molecule has 0 saturated carbocycles. The third-order valence-electron chi connectivity index (χ3n) is 2.24. The highest BCUT2D eigenvalue weighted by Gasteiger charge is 2.10. The zero-order valence-corrected chi connectivity index (χ0v) is 11.6. The van der Waals surface area contributed by atoms with Crippen molar-refractivity contribution in [1.29, 1.82) is 0 Å². The molecule has 2 nitrogen and oxygen atoms in total. The molecule has 4 heteroatoms. The van der Waals surface area contributed by atoms with Gasteiger partial charge in [0.1, 0.15) is 0 Å². The van der Waals surface area contributed by atoms with Crippen LogP contribution in [-0.4, -0.2) is 19.8 Å². The van der Waals surface area contributed by atoms with Gasteiger partial charge < -0.3 is 10.5 Å². The van der Waals surface area contributed by atoms with E-state index < -0.39 is 0 Å². The normalized spacial score (nSPS) is 15.2. The van der Waals surface area contributed by atoms with Gasteiger partial charge in [0, 0.05) is 34.5 Å². The molecule has 2 unspecified atom stereocenters. The van der Waals surface area contributed by atoms with Crippen LogP contribution in [0.25, 0.3) is 0 Å². The lowest BCUT2D eigenvalue weighted by atomic mass is 10.0. The summed E-state index contributed by atoms with van der Waals surface area (Å²) in [7, 11) is 1.73. The predicted octanol–water partition coefficient (Wildman–Crippen LogP) is 3.05. The van der Waals surface area contributed by atoms with E-state index in [1.165, 1.54) is 4.88 Å². The molecule has 0 radical (unpaired) electrons. The summed E-state index contributed by atoms with van der Waals surface area (Å²) in [6, 6.07) is 2.38. The van der Waals surface area contributed by atoms with Gasteiger partial charge in [-0.05, 0) is 40.8 Å². The van der Waals surface area contributed by atoms with Gasteiger partial charge in [0.05, 0.1) is 0 Å². The molecule has 0 bridgehead atoms. The molecule has 1 aromatic heterocycles. The van der Waals surface area contributed by atoms with Gasteiger partial charge in [-0.2, -0.15) is 0 Å². The summed E-state index contributed by atoms with van der Waals surface area (Å²) in [6.07, 6.45) is 1.98. The predicted molar refractivity (Wildman–Crippen MR) is 69.4 cm³/mol. The highest BCUT2D eigenvalue weighted by molar-refractivity contribution is 9.10. The first kappa shape index (κ1) is 13.2. The van der Waals surface area contributed by atoms with Crippen molar-refractivity contribution in [3.05, 3.63) is 20.8 Å². The fourth-order valence-electron chi connectivity index (χ4n) is 1.67. The van der Waals surface area contributed by atoms with E-state index in [-0.39, 0.29) is 6.04 Å². The molecule has 0 aliphatic heterocycles. The third-order valence-corrected chi connectivity index (χ3v) is 3.96. The van der Waals surface area contributed by atoms with Crippen LogP contribution < -0.4 is 5.73 Å². The number of ether oxygens (including phenoxy) is 1. The molecule has 2 N–H and O–H groups in total. The molecule has 0 spiro atoms. The van der Waals surface area contributed by atoms with Crippen LogP contribution in [0.2, 0.25) is 0 Å². The van der Waals surface area contributed by atoms with Crippen molar-refractivity contribution >= 4 is 27.3 Å². The summed E-state index contributed by atoms with van der Waals surface area (Å²) in [5, 5.41) is 2.10. The quantitative estimate of drug-likeness (QED) is 0.874. The zero-order valence-electron chi connectivity index (χ0n) is 9.20. The van der Waals surface area contributed by atoms with Crippen LogP contribution in [0.1, 0.15) is 18.2 Å². The first-order chi connectivity index (χ1) is 7.11. The van der Waals surface area contributed by atoms with Crippen molar-refractivity contribution in [3.63, 3.8) is 0 Å². The Hall–Kier alpha value is 0.1000. The van der Waals surface area contributed by atoms with Crippen LogP contribution in [0.3, 0.4) is 0 Å². The molecule has 1 heterocycles. The van der Waals surface area contributed by atoms with E-state index in [0.717, 1.165) is 23.9 Å². The van der Waals surface area contributed by atoms with Crippen LogP contribution in [0, 0.1) is 5.92 Å². The minimum absolute atomic E-state index is 0.237. The van der Waals surface area contributed by atoms with Gasteiger partial charge in [0.15, 0.2) is 0 Å². The van der Waals surface area contributed by atoms with Crippen LogP contribution in [0.4, 0.5) is 0 Å². The Morgan fingerprint density at radius 1 is 1.60 bits per heavy atom. The lowest BCUT2D eigenvalue weighted by Gasteiger charge is -2.15. The molecular weight excluding hydrogens is 274 g/mol. The second-order valence-corrected chi connectivity index (χ2v) is 5.90. The van der Waals surface area contributed by atoms with Gasteiger partial charge in [-0.25, -0.2) is 0 Å². The number of thiophene rings is 1. The molecule has 1 rings (SSSR count). The van der Waals surface area contributed by atoms with Crippen molar-refractivity contribution < 1.29 is 4.74 Å². The average Bonchev–Trinajstić information content (AvgIpc) is 2.51. The summed E-state index contributed by atoms with van der Waals surface area (Å²) in [4.78, 5) is 1.35. The van der Waals surface area contributed by atoms with E-state index in [4.69, 9.17) is 10.5 Å². The molecule has 15 heavy (non-hydrogen) atoms. The molecule has 1 aromatic rings. The molecule has 2 atom stereocenters. The first-order valence-corrected chi connectivity index (χ1v) is 6.76. The maximum absolute atomic E-state index is 6.08. The molecule has 0 aliphatic carbocycles. The summed E-state index contributed by atoms with van der Waals surface area (Å²) >= 11 is 5.21. The van der Waals surface area contributed by atoms with Gasteiger partial charge >= 0.3 is 0 Å². The zero-order chi connectivity index (χ0) is 11.3. The van der Waals surface area contributed by atoms with Crippen molar-refractivity contribution in [1.82, 2.24) is 0 Å². The molecule has 0 aromatic carbocycles. The summed E-state index contributed by atoms with van der Waals surface area (Å²) in [5.41, 5.74) is 6.08. The second-order valence-electron chi connectivity index (χ2n) is 3.99. The van der Waals surface area contributed by atoms with E-state index in [1.807, 2.05) is 0 Å². The highest BCUT2D eigenvalue weighted by Crippen LogP contribution is 2.21. The second kappa shape index (κ2) is 6.63. The topological polar surface area (TPSA) is 35.2 Å². The van der Waals surface area contributed by atoms with Gasteiger partial charge in [0.25, 0.3) is 0 Å². The Kier molecular flexibility index (Phi) is 5.82. The van der Waals surface area contributed by atoms with Crippen LogP contribution >= 0.6 is 27.3 Å². The maximum Gasteiger partial charge on any atom is 0.0488 e. The minimum Gasteiger partial charge on any atom is -0.384 e. The highest BCUT2D eigenvalue weighted by atomic mass is 79.9. The Balaban J connectivity index is 2.32. The Morgan fingerprint density at radius 3 is 2.87 bits per heavy atom. The molecule has 0 saturated heterocycles. The van der Waals surface area contributed by atoms with Crippen molar-refractivity contribution in [2.45, 2.75) is 25.8 Å². The van der Waals surface area contributed by atoms with Gasteiger partial charge in [-0.3, -0.25) is 0 Å².